The molecule has 0 bridgehead atoms. The van der Waals surface area contributed by atoms with Crippen LogP contribution in [0.3, 0.4) is 0 Å². The molecular weight excluding hydrogens is 406 g/mol. The van der Waals surface area contributed by atoms with Crippen molar-refractivity contribution in [3.05, 3.63) is 30.3 Å². The first-order valence-electron chi connectivity index (χ1n) is 5.28. The number of rotatable bonds is 3. The SMILES string of the molecule is O=S(=O)([O-])c1c(S(=O)(=O)O)cc2ccccc2c1S(=O)(=O)[O-].[Na+].[Na+]. The first-order chi connectivity index (χ1) is 9.83. The summed E-state index contributed by atoms with van der Waals surface area (Å²) in [4.78, 5) is -4.76. The summed E-state index contributed by atoms with van der Waals surface area (Å²) in [5, 5.41) is -0.601. The molecular formula is C10H6Na2O9S3. The maximum atomic E-state index is 11.4. The minimum Gasteiger partial charge on any atom is -0.744 e. The average molecular weight is 412 g/mol. The van der Waals surface area contributed by atoms with Crippen molar-refractivity contribution in [1.82, 2.24) is 0 Å². The van der Waals surface area contributed by atoms with Crippen molar-refractivity contribution < 1.29 is 98.0 Å². The van der Waals surface area contributed by atoms with Crippen LogP contribution in [0.25, 0.3) is 10.8 Å². The van der Waals surface area contributed by atoms with Gasteiger partial charge in [0.25, 0.3) is 10.1 Å². The summed E-state index contributed by atoms with van der Waals surface area (Å²) in [7, 11) is -16.5. The molecule has 0 amide bonds. The molecule has 0 aliphatic rings. The molecule has 0 fully saturated rings. The van der Waals surface area contributed by atoms with E-state index in [1.165, 1.54) is 18.2 Å². The van der Waals surface area contributed by atoms with Gasteiger partial charge in [0.15, 0.2) is 0 Å². The van der Waals surface area contributed by atoms with E-state index >= 15 is 0 Å². The van der Waals surface area contributed by atoms with Crippen LogP contribution < -0.4 is 59.1 Å². The van der Waals surface area contributed by atoms with Crippen molar-refractivity contribution in [3.8, 4) is 0 Å². The Morgan fingerprint density at radius 1 is 0.792 bits per heavy atom. The molecule has 120 valence electrons. The van der Waals surface area contributed by atoms with Gasteiger partial charge in [-0.05, 0) is 11.5 Å². The van der Waals surface area contributed by atoms with Crippen molar-refractivity contribution in [2.24, 2.45) is 0 Å². The second-order valence-corrected chi connectivity index (χ2v) is 8.16. The topological polar surface area (TPSA) is 169 Å². The summed E-state index contributed by atoms with van der Waals surface area (Å²) in [5.41, 5.74) is 0. The Morgan fingerprint density at radius 3 is 1.67 bits per heavy atom. The van der Waals surface area contributed by atoms with Crippen molar-refractivity contribution >= 4 is 41.1 Å². The summed E-state index contributed by atoms with van der Waals surface area (Å²) in [6.07, 6.45) is 0. The van der Waals surface area contributed by atoms with Gasteiger partial charge in [-0.1, -0.05) is 24.3 Å². The van der Waals surface area contributed by atoms with E-state index < -0.39 is 50.4 Å². The van der Waals surface area contributed by atoms with E-state index in [-0.39, 0.29) is 64.5 Å². The molecule has 9 nitrogen and oxygen atoms in total. The first kappa shape index (κ1) is 24.4. The zero-order chi connectivity index (χ0) is 16.9. The molecule has 0 radical (unpaired) electrons. The van der Waals surface area contributed by atoms with Crippen LogP contribution in [0.2, 0.25) is 0 Å². The summed E-state index contributed by atoms with van der Waals surface area (Å²) in [5.74, 6) is 0. The Balaban J connectivity index is 0.00000264. The van der Waals surface area contributed by atoms with Crippen molar-refractivity contribution in [1.29, 1.82) is 0 Å². The van der Waals surface area contributed by atoms with Crippen molar-refractivity contribution in [2.75, 3.05) is 0 Å². The molecule has 0 saturated heterocycles. The van der Waals surface area contributed by atoms with Crippen LogP contribution in [0, 0.1) is 0 Å². The zero-order valence-corrected chi connectivity index (χ0v) is 18.8. The monoisotopic (exact) mass is 412 g/mol. The van der Waals surface area contributed by atoms with Gasteiger partial charge in [0.1, 0.15) is 25.1 Å². The predicted molar refractivity (Wildman–Crippen MR) is 69.7 cm³/mol. The molecule has 2 rings (SSSR count). The minimum atomic E-state index is -5.69. The molecule has 14 heteroatoms. The number of benzene rings is 2. The van der Waals surface area contributed by atoms with Crippen LogP contribution in [0.1, 0.15) is 0 Å². The van der Waals surface area contributed by atoms with Crippen LogP contribution in [0.15, 0.2) is 45.0 Å². The van der Waals surface area contributed by atoms with Gasteiger partial charge in [0.2, 0.25) is 0 Å². The van der Waals surface area contributed by atoms with Crippen LogP contribution in [0.4, 0.5) is 0 Å². The smallest absolute Gasteiger partial charge is 0.744 e. The van der Waals surface area contributed by atoms with Gasteiger partial charge in [0, 0.05) is 5.39 Å². The second kappa shape index (κ2) is 7.98. The zero-order valence-electron chi connectivity index (χ0n) is 12.3. The van der Waals surface area contributed by atoms with E-state index in [1.54, 1.807) is 0 Å². The van der Waals surface area contributed by atoms with E-state index in [2.05, 4.69) is 0 Å². The molecule has 2 aromatic rings. The third kappa shape index (κ3) is 4.99. The fourth-order valence-corrected chi connectivity index (χ4v) is 5.29. The fourth-order valence-electron chi connectivity index (χ4n) is 1.95. The molecule has 1 N–H and O–H groups in total. The third-order valence-electron chi connectivity index (χ3n) is 2.70. The van der Waals surface area contributed by atoms with Crippen LogP contribution >= 0.6 is 0 Å². The van der Waals surface area contributed by atoms with Crippen molar-refractivity contribution in [3.63, 3.8) is 0 Å². The average Bonchev–Trinajstić information content (AvgIpc) is 2.33. The van der Waals surface area contributed by atoms with Crippen LogP contribution in [0.5, 0.6) is 0 Å². The van der Waals surface area contributed by atoms with E-state index in [0.717, 1.165) is 6.07 Å². The fraction of sp³-hybridized carbons (Fsp3) is 0. The molecule has 0 unspecified atom stereocenters. The summed E-state index contributed by atoms with van der Waals surface area (Å²) < 4.78 is 99.5. The first-order valence-corrected chi connectivity index (χ1v) is 9.54. The molecule has 0 saturated carbocycles. The van der Waals surface area contributed by atoms with Crippen molar-refractivity contribution in [2.45, 2.75) is 14.7 Å². The Kier molecular flexibility index (Phi) is 8.12. The maximum absolute atomic E-state index is 11.4. The summed E-state index contributed by atoms with van der Waals surface area (Å²) in [6, 6.07) is 5.42. The Hall–Kier alpha value is 0.430. The van der Waals surface area contributed by atoms with E-state index in [1.807, 2.05) is 0 Å². The standard InChI is InChI=1S/C10H8O9S3.2Na/c11-20(12,13)8-5-6-3-1-2-4-7(6)9(21(14,15)16)10(8)22(17,18)19;;/h1-5H,(H,11,12,13)(H,14,15,16)(H,17,18,19);;/q;2*+1/p-2. The van der Waals surface area contributed by atoms with Gasteiger partial charge >= 0.3 is 59.1 Å². The second-order valence-electron chi connectivity index (χ2n) is 4.14. The van der Waals surface area contributed by atoms with Gasteiger partial charge in [-0.15, -0.1) is 0 Å². The molecule has 0 aliphatic carbocycles. The van der Waals surface area contributed by atoms with E-state index in [0.29, 0.717) is 6.07 Å². The molecule has 0 aromatic heterocycles. The molecule has 0 atom stereocenters. The van der Waals surface area contributed by atoms with Gasteiger partial charge in [-0.2, -0.15) is 8.42 Å². The molecule has 2 aromatic carbocycles. The minimum absolute atomic E-state index is 0. The predicted octanol–water partition coefficient (Wildman–Crippen LogP) is -6.10. The Labute approximate surface area is 182 Å². The van der Waals surface area contributed by atoms with Crippen LogP contribution in [-0.4, -0.2) is 38.9 Å². The van der Waals surface area contributed by atoms with E-state index in [9.17, 15) is 34.4 Å². The van der Waals surface area contributed by atoms with E-state index in [4.69, 9.17) is 4.55 Å². The molecule has 24 heavy (non-hydrogen) atoms. The number of hydrogen-bond acceptors (Lipinski definition) is 8. The number of hydrogen-bond donors (Lipinski definition) is 1. The number of fused-ring (bicyclic) bond motifs is 1. The van der Waals surface area contributed by atoms with Gasteiger partial charge in [0.05, 0.1) is 9.79 Å². The van der Waals surface area contributed by atoms with Crippen LogP contribution in [-0.2, 0) is 30.4 Å². The largest absolute Gasteiger partial charge is 1.00 e. The summed E-state index contributed by atoms with van der Waals surface area (Å²) in [6.45, 7) is 0. The Morgan fingerprint density at radius 2 is 1.25 bits per heavy atom. The molecule has 0 aliphatic heterocycles. The van der Waals surface area contributed by atoms with Gasteiger partial charge in [-0.25, -0.2) is 16.8 Å². The summed E-state index contributed by atoms with van der Waals surface area (Å²) >= 11 is 0. The quantitative estimate of drug-likeness (QED) is 0.381. The van der Waals surface area contributed by atoms with Gasteiger partial charge < -0.3 is 9.11 Å². The molecule has 0 heterocycles. The molecule has 0 spiro atoms. The normalized spacial score (nSPS) is 12.3. The third-order valence-corrected chi connectivity index (χ3v) is 5.68. The Bertz CT molecular complexity index is 1090. The van der Waals surface area contributed by atoms with Gasteiger partial charge in [-0.3, -0.25) is 4.55 Å². The maximum Gasteiger partial charge on any atom is 1.00 e.